The van der Waals surface area contributed by atoms with Gasteiger partial charge in [-0.25, -0.2) is 0 Å². The Morgan fingerprint density at radius 1 is 0.411 bits per heavy atom. The minimum absolute atomic E-state index is 0.0146. The first-order chi connectivity index (χ1) is 60.4. The number of unbranched alkanes of at least 4 members (excludes halogenated alkanes) is 1. The molecule has 1 aromatic carbocycles. The number of aliphatic carboxylic acids is 3. The monoisotopic (exact) mass is 1830 g/mol. The van der Waals surface area contributed by atoms with Crippen LogP contribution in [-0.4, -0.2) is 289 Å². The number of carboxylic acids is 3. The Bertz CT molecular complexity index is 4540. The van der Waals surface area contributed by atoms with Crippen LogP contribution in [0.4, 0.5) is 0 Å². The number of nitrogens with zero attached hydrogens (tertiary/aromatic N) is 1. The third-order valence-corrected chi connectivity index (χ3v) is 19.1. The number of likely N-dealkylation sites (tertiary alicyclic amines) is 1. The summed E-state index contributed by atoms with van der Waals surface area (Å²) < 4.78 is 0. The average Bonchev–Trinajstić information content (AvgIpc) is 1.70. The molecule has 0 spiro atoms. The summed E-state index contributed by atoms with van der Waals surface area (Å²) in [6.45, 7) is 0.489. The van der Waals surface area contributed by atoms with Crippen molar-refractivity contribution >= 4 is 165 Å². The van der Waals surface area contributed by atoms with Crippen molar-refractivity contribution in [3.05, 3.63) is 36.0 Å². The van der Waals surface area contributed by atoms with Crippen molar-refractivity contribution in [1.29, 1.82) is 5.41 Å². The van der Waals surface area contributed by atoms with Crippen molar-refractivity contribution < 1.29 is 135 Å². The number of fused-ring (bicyclic) bond motifs is 1. The molecule has 0 unspecified atom stereocenters. The van der Waals surface area contributed by atoms with Gasteiger partial charge in [-0.05, 0) is 82.9 Å². The lowest BCUT2D eigenvalue weighted by Gasteiger charge is -2.31. The first kappa shape index (κ1) is 108. The predicted molar refractivity (Wildman–Crippen MR) is 439 cm³/mol. The zero-order valence-electron chi connectivity index (χ0n) is 69.7. The first-order valence-corrected chi connectivity index (χ1v) is 39.7. The molecule has 0 bridgehead atoms. The molecule has 56 nitrogen and oxygen atoms in total. The maximum Gasteiger partial charge on any atom is 0.305 e. The molecule has 2 aromatic rings. The molecule has 710 valence electrons. The van der Waals surface area contributed by atoms with E-state index in [9.17, 15) is 135 Å². The molecule has 1 aliphatic heterocycles. The van der Waals surface area contributed by atoms with Crippen molar-refractivity contribution in [2.24, 2.45) is 63.1 Å². The number of carboxylic acid groups (broad SMARTS) is 3. The van der Waals surface area contributed by atoms with Gasteiger partial charge >= 0.3 is 17.9 Å². The second-order valence-corrected chi connectivity index (χ2v) is 29.6. The minimum atomic E-state index is -2.18. The number of hydrogen-bond acceptors (Lipinski definition) is 28. The number of carbonyl (C=O) groups excluding carboxylic acids is 22. The van der Waals surface area contributed by atoms with Crippen LogP contribution in [0, 0.1) is 5.41 Å². The Balaban J connectivity index is 1.95. The van der Waals surface area contributed by atoms with E-state index in [-0.39, 0.29) is 64.6 Å². The molecule has 22 amide bonds. The Labute approximate surface area is 731 Å². The average molecular weight is 1830 g/mol. The van der Waals surface area contributed by atoms with Gasteiger partial charge in [-0.1, -0.05) is 18.2 Å². The van der Waals surface area contributed by atoms with Gasteiger partial charge in [0.05, 0.1) is 57.4 Å². The molecule has 129 heavy (non-hydrogen) atoms. The Kier molecular flexibility index (Phi) is 44.4. The number of hydrogen-bond donors (Lipinski definition) is 30. The SMILES string of the molecule is C[C@H](NC(=O)[C@H](Cc1c[nH]c2ccccc12)NC(=O)[C@@H](N)CC(N)=O)C(=O)N[C@@H](CC(=O)O)C(=O)N[C@@H](CC(N)=O)C(=O)N[C@@H](CCC(=O)O)C(=O)N1CCC[C@H]1C(=O)N[C@@H](CC(N)=O)C(=O)N[C@@H](CC(N)=O)C(=O)N[C@@H](CCCCN)C(=O)N[C@@H](CCCNC(=N)N)C(=O)N[C@@H](CC(N)=O)C(=O)N[C@@H](CC(N)=O)C(=O)N[C@@H](CCC(=O)O)C(=O)N[C@@H](CC(N)=O)C(N)=O. The zero-order valence-corrected chi connectivity index (χ0v) is 69.7. The fourth-order valence-electron chi connectivity index (χ4n) is 12.7. The van der Waals surface area contributed by atoms with Gasteiger partial charge in [-0.3, -0.25) is 125 Å². The molecule has 0 aliphatic carbocycles. The van der Waals surface area contributed by atoms with E-state index in [1.54, 1.807) is 24.3 Å². The van der Waals surface area contributed by atoms with Crippen molar-refractivity contribution in [3.63, 3.8) is 0 Å². The Hall–Kier alpha value is -15.3. The Morgan fingerprint density at radius 3 is 1.19 bits per heavy atom. The van der Waals surface area contributed by atoms with E-state index in [0.29, 0.717) is 16.5 Å². The summed E-state index contributed by atoms with van der Waals surface area (Å²) in [5.74, 6) is -34.0. The standard InChI is InChI=1S/C73H110N28O28/c1-30(88-64(121)40(95-60(117)33(75)21-48(76)102)20-31-29-87-34-9-3-2-8-32(31)34)59(116)94-46(28-57(113)114)70(127)99-43(25-52(80)106)67(124)92-38(14-16-56(111)112)72(129)101-19-7-12-47(101)71(128)100-45(27-54(82)108)69(126)98-41(23-50(78)104)65(122)90-35(10-4-5-17-74)61(118)89-36(11-6-18-86-73(84)85)62(119)96-44(26-53(81)107)68(125)97-42(24-51(79)105)66(123)91-37(13-15-55(109)110)63(120)93-39(58(83)115)22-49(77)103/h2-3,8-9,29-30,33,35-47,87H,4-7,10-28,74-75H2,1H3,(H2,76,102)(H2,77,103)(H2,78,104)(H2,79,105)(H2,80,106)(H2,81,107)(H2,82,108)(H2,83,115)(H,88,121)(H,89,118)(H,90,122)(H,91,123)(H,92,124)(H,93,120)(H,94,116)(H,95,117)(H,96,119)(H,97,125)(H,98,126)(H,99,127)(H,100,128)(H,109,110)(H,111,112)(H,113,114)(H4,84,85,86)/t30-,33-,35-,36-,37-,38-,39-,40-,41-,42-,43-,44-,45-,46-,47-/m0/s1. The molecular weight excluding hydrogens is 1720 g/mol. The van der Waals surface area contributed by atoms with E-state index in [0.717, 1.165) is 11.8 Å². The van der Waals surface area contributed by atoms with E-state index in [2.05, 4.69) is 68.8 Å². The number of amides is 22. The number of rotatable bonds is 60. The maximum absolute atomic E-state index is 14.6. The lowest BCUT2D eigenvalue weighted by atomic mass is 10.0. The summed E-state index contributed by atoms with van der Waals surface area (Å²) in [7, 11) is 0. The summed E-state index contributed by atoms with van der Waals surface area (Å²) in [6.07, 6.45) is -11.7. The van der Waals surface area contributed by atoms with E-state index in [1.165, 1.54) is 6.20 Å². The molecule has 1 aliphatic rings. The summed E-state index contributed by atoms with van der Waals surface area (Å²) in [5.41, 5.74) is 61.0. The van der Waals surface area contributed by atoms with Gasteiger partial charge in [0.1, 0.15) is 84.6 Å². The molecular formula is C73H110N28O28. The number of aromatic nitrogens is 1. The van der Waals surface area contributed by atoms with Gasteiger partial charge in [0.15, 0.2) is 5.96 Å². The van der Waals surface area contributed by atoms with Crippen LogP contribution in [0.2, 0.25) is 0 Å². The van der Waals surface area contributed by atoms with Gasteiger partial charge in [0.25, 0.3) is 0 Å². The third-order valence-electron chi connectivity index (χ3n) is 19.1. The normalized spacial score (nSPS) is 15.3. The molecule has 1 fully saturated rings. The van der Waals surface area contributed by atoms with E-state index < -0.39 is 328 Å². The molecule has 15 atom stereocenters. The lowest BCUT2D eigenvalue weighted by molar-refractivity contribution is -0.144. The molecule has 0 saturated carbocycles. The number of nitrogens with one attached hydrogen (secondary N) is 16. The molecule has 0 radical (unpaired) electrons. The topological polar surface area (TPSA) is 985 Å². The smallest absolute Gasteiger partial charge is 0.305 e. The first-order valence-electron chi connectivity index (χ1n) is 39.7. The van der Waals surface area contributed by atoms with Crippen LogP contribution in [-0.2, 0) is 126 Å². The van der Waals surface area contributed by atoms with Crippen LogP contribution in [0.3, 0.4) is 0 Å². The summed E-state index contributed by atoms with van der Waals surface area (Å²) in [6, 6.07) is -22.0. The minimum Gasteiger partial charge on any atom is -0.481 e. The molecule has 3 rings (SSSR count). The second-order valence-electron chi connectivity index (χ2n) is 29.6. The maximum atomic E-state index is 14.6. The van der Waals surface area contributed by atoms with Crippen molar-refractivity contribution in [1.82, 2.24) is 84.3 Å². The third kappa shape index (κ3) is 38.8. The highest BCUT2D eigenvalue weighted by Gasteiger charge is 2.43. The van der Waals surface area contributed by atoms with Crippen molar-refractivity contribution in [2.45, 2.75) is 226 Å². The van der Waals surface area contributed by atoms with Crippen LogP contribution < -0.4 is 138 Å². The van der Waals surface area contributed by atoms with Crippen LogP contribution >= 0.6 is 0 Å². The second kappa shape index (κ2) is 53.1. The van der Waals surface area contributed by atoms with Crippen LogP contribution in [0.25, 0.3) is 10.9 Å². The summed E-state index contributed by atoms with van der Waals surface area (Å²) in [5, 5.41) is 68.0. The molecule has 41 N–H and O–H groups in total. The van der Waals surface area contributed by atoms with Crippen LogP contribution in [0.5, 0.6) is 0 Å². The van der Waals surface area contributed by atoms with Crippen LogP contribution in [0.15, 0.2) is 30.5 Å². The lowest BCUT2D eigenvalue weighted by Crippen LogP contribution is -2.61. The van der Waals surface area contributed by atoms with Gasteiger partial charge in [0.2, 0.25) is 130 Å². The highest BCUT2D eigenvalue weighted by atomic mass is 16.4. The summed E-state index contributed by atoms with van der Waals surface area (Å²) in [4.78, 5) is 335. The highest BCUT2D eigenvalue weighted by molar-refractivity contribution is 6.04. The van der Waals surface area contributed by atoms with E-state index in [1.807, 2.05) is 10.6 Å². The van der Waals surface area contributed by atoms with Gasteiger partial charge in [-0.2, -0.15) is 0 Å². The fraction of sp³-hybridized carbons (Fsp3) is 0.534. The number of nitrogens with two attached hydrogens (primary N) is 11. The molecule has 1 aromatic heterocycles. The number of primary amides is 8. The van der Waals surface area contributed by atoms with Crippen LogP contribution in [0.1, 0.15) is 134 Å². The number of carbonyl (C=O) groups is 25. The van der Waals surface area contributed by atoms with Crippen molar-refractivity contribution in [2.75, 3.05) is 19.6 Å². The zero-order chi connectivity index (χ0) is 97.4. The molecule has 2 heterocycles. The van der Waals surface area contributed by atoms with Crippen molar-refractivity contribution in [3.8, 4) is 0 Å². The predicted octanol–water partition coefficient (Wildman–Crippen LogP) is -15.4. The number of H-pyrrole nitrogens is 1. The number of aromatic amines is 1. The highest BCUT2D eigenvalue weighted by Crippen LogP contribution is 2.23. The number of para-hydroxylation sites is 1. The van der Waals surface area contributed by atoms with Gasteiger partial charge in [0, 0.05) is 49.5 Å². The fourth-order valence-corrected chi connectivity index (χ4v) is 12.7. The summed E-state index contributed by atoms with van der Waals surface area (Å²) >= 11 is 0. The van der Waals surface area contributed by atoms with Gasteiger partial charge < -0.3 is 163 Å². The largest absolute Gasteiger partial charge is 0.481 e. The number of guanidine groups is 1. The molecule has 56 heteroatoms. The Morgan fingerprint density at radius 2 is 0.767 bits per heavy atom. The quantitative estimate of drug-likeness (QED) is 0.0166. The van der Waals surface area contributed by atoms with E-state index in [4.69, 9.17) is 68.5 Å². The molecule has 1 saturated heterocycles. The van der Waals surface area contributed by atoms with Gasteiger partial charge in [-0.15, -0.1) is 0 Å². The van der Waals surface area contributed by atoms with E-state index >= 15 is 0 Å². The number of benzene rings is 1.